The van der Waals surface area contributed by atoms with Gasteiger partial charge in [0, 0.05) is 6.04 Å². The lowest BCUT2D eigenvalue weighted by Crippen LogP contribution is -2.49. The molecule has 1 fully saturated rings. The van der Waals surface area contributed by atoms with Gasteiger partial charge in [0.15, 0.2) is 0 Å². The number of nitrogens with one attached hydrogen (secondary N) is 1. The summed E-state index contributed by atoms with van der Waals surface area (Å²) in [6.07, 6.45) is 3.30. The highest BCUT2D eigenvalue weighted by atomic mass is 16.2. The van der Waals surface area contributed by atoms with Crippen molar-refractivity contribution in [1.29, 1.82) is 5.26 Å². The molecule has 1 aliphatic rings. The molecule has 0 heterocycles. The Kier molecular flexibility index (Phi) is 3.73. The van der Waals surface area contributed by atoms with Crippen molar-refractivity contribution in [3.8, 4) is 6.07 Å². The first kappa shape index (κ1) is 12.0. The SMILES string of the molecule is CCC(C#N)(CC)C(=O)NC1CC(C)C1. The first-order valence-corrected chi connectivity index (χ1v) is 5.80. The van der Waals surface area contributed by atoms with Gasteiger partial charge in [-0.2, -0.15) is 5.26 Å². The maximum atomic E-state index is 11.9. The summed E-state index contributed by atoms with van der Waals surface area (Å²) in [5.41, 5.74) is -0.807. The van der Waals surface area contributed by atoms with Crippen molar-refractivity contribution >= 4 is 5.91 Å². The summed E-state index contributed by atoms with van der Waals surface area (Å²) in [6, 6.07) is 2.47. The Morgan fingerprint density at radius 2 is 2.00 bits per heavy atom. The number of rotatable bonds is 4. The van der Waals surface area contributed by atoms with Crippen LogP contribution in [0.5, 0.6) is 0 Å². The molecule has 0 atom stereocenters. The predicted molar refractivity (Wildman–Crippen MR) is 59.0 cm³/mol. The molecule has 0 radical (unpaired) electrons. The third-order valence-corrected chi connectivity index (χ3v) is 3.56. The summed E-state index contributed by atoms with van der Waals surface area (Å²) in [5, 5.41) is 12.1. The zero-order chi connectivity index (χ0) is 11.5. The van der Waals surface area contributed by atoms with Crippen LogP contribution in [0.15, 0.2) is 0 Å². The maximum Gasteiger partial charge on any atom is 0.240 e. The van der Waals surface area contributed by atoms with Crippen LogP contribution in [0.4, 0.5) is 0 Å². The van der Waals surface area contributed by atoms with Crippen LogP contribution in [0.1, 0.15) is 46.5 Å². The summed E-state index contributed by atoms with van der Waals surface area (Å²) < 4.78 is 0. The van der Waals surface area contributed by atoms with Crippen molar-refractivity contribution in [1.82, 2.24) is 5.32 Å². The van der Waals surface area contributed by atoms with Crippen molar-refractivity contribution in [2.24, 2.45) is 11.3 Å². The number of carbonyl (C=O) groups excluding carboxylic acids is 1. The van der Waals surface area contributed by atoms with Crippen molar-refractivity contribution in [3.63, 3.8) is 0 Å². The molecule has 0 bridgehead atoms. The second-order valence-electron chi connectivity index (χ2n) is 4.65. The fourth-order valence-electron chi connectivity index (χ4n) is 2.12. The van der Waals surface area contributed by atoms with E-state index in [1.807, 2.05) is 13.8 Å². The van der Waals surface area contributed by atoms with Gasteiger partial charge in [0.2, 0.25) is 5.91 Å². The van der Waals surface area contributed by atoms with E-state index in [9.17, 15) is 4.79 Å². The summed E-state index contributed by atoms with van der Waals surface area (Å²) in [7, 11) is 0. The average Bonchev–Trinajstić information content (AvgIpc) is 2.19. The van der Waals surface area contributed by atoms with Gasteiger partial charge in [0.1, 0.15) is 5.41 Å². The minimum Gasteiger partial charge on any atom is -0.352 e. The Labute approximate surface area is 91.9 Å². The fraction of sp³-hybridized carbons (Fsp3) is 0.833. The Morgan fingerprint density at radius 3 is 2.33 bits per heavy atom. The topological polar surface area (TPSA) is 52.9 Å². The normalized spacial score (nSPS) is 25.2. The Morgan fingerprint density at radius 1 is 1.47 bits per heavy atom. The molecule has 3 heteroatoms. The molecule has 1 aliphatic carbocycles. The van der Waals surface area contributed by atoms with Crippen LogP contribution in [-0.4, -0.2) is 11.9 Å². The summed E-state index contributed by atoms with van der Waals surface area (Å²) >= 11 is 0. The van der Waals surface area contributed by atoms with Gasteiger partial charge < -0.3 is 5.32 Å². The Bertz CT molecular complexity index is 270. The van der Waals surface area contributed by atoms with Crippen LogP contribution in [0.3, 0.4) is 0 Å². The molecule has 0 unspecified atom stereocenters. The highest BCUT2D eigenvalue weighted by Gasteiger charge is 2.37. The molecule has 0 aliphatic heterocycles. The van der Waals surface area contributed by atoms with Crippen LogP contribution in [0, 0.1) is 22.7 Å². The lowest BCUT2D eigenvalue weighted by molar-refractivity contribution is -0.130. The third-order valence-electron chi connectivity index (χ3n) is 3.56. The number of hydrogen-bond acceptors (Lipinski definition) is 2. The quantitative estimate of drug-likeness (QED) is 0.770. The first-order chi connectivity index (χ1) is 7.07. The summed E-state index contributed by atoms with van der Waals surface area (Å²) in [6.45, 7) is 5.98. The molecule has 84 valence electrons. The van der Waals surface area contributed by atoms with E-state index in [0.29, 0.717) is 18.9 Å². The molecule has 1 saturated carbocycles. The van der Waals surface area contributed by atoms with E-state index in [1.165, 1.54) is 0 Å². The van der Waals surface area contributed by atoms with E-state index in [2.05, 4.69) is 18.3 Å². The number of carbonyl (C=O) groups is 1. The van der Waals surface area contributed by atoms with E-state index in [0.717, 1.165) is 18.8 Å². The molecular formula is C12H20N2O. The van der Waals surface area contributed by atoms with Crippen molar-refractivity contribution < 1.29 is 4.79 Å². The zero-order valence-corrected chi connectivity index (χ0v) is 9.84. The average molecular weight is 208 g/mol. The molecule has 0 saturated heterocycles. The first-order valence-electron chi connectivity index (χ1n) is 5.80. The standard InChI is InChI=1S/C12H20N2O/c1-4-12(5-2,8-13)11(15)14-10-6-9(3)7-10/h9-10H,4-7H2,1-3H3,(H,14,15). The summed E-state index contributed by atoms with van der Waals surface area (Å²) in [5.74, 6) is 0.641. The highest BCUT2D eigenvalue weighted by Crippen LogP contribution is 2.30. The van der Waals surface area contributed by atoms with Gasteiger partial charge in [0.05, 0.1) is 6.07 Å². The number of nitrogens with zero attached hydrogens (tertiary/aromatic N) is 1. The van der Waals surface area contributed by atoms with Crippen molar-refractivity contribution in [2.45, 2.75) is 52.5 Å². The lowest BCUT2D eigenvalue weighted by atomic mass is 9.79. The van der Waals surface area contributed by atoms with Crippen LogP contribution >= 0.6 is 0 Å². The van der Waals surface area contributed by atoms with Gasteiger partial charge in [-0.25, -0.2) is 0 Å². The van der Waals surface area contributed by atoms with E-state index >= 15 is 0 Å². The molecule has 1 rings (SSSR count). The number of nitriles is 1. The molecule has 3 nitrogen and oxygen atoms in total. The number of hydrogen-bond donors (Lipinski definition) is 1. The molecule has 1 amide bonds. The lowest BCUT2D eigenvalue weighted by Gasteiger charge is -2.35. The predicted octanol–water partition coefficient (Wildman–Crippen LogP) is 2.23. The van der Waals surface area contributed by atoms with E-state index in [4.69, 9.17) is 5.26 Å². The zero-order valence-electron chi connectivity index (χ0n) is 9.84. The Balaban J connectivity index is 2.54. The van der Waals surface area contributed by atoms with Crippen molar-refractivity contribution in [3.05, 3.63) is 0 Å². The second kappa shape index (κ2) is 4.65. The number of amides is 1. The Hall–Kier alpha value is -1.04. The van der Waals surface area contributed by atoms with Gasteiger partial charge in [-0.05, 0) is 31.6 Å². The largest absolute Gasteiger partial charge is 0.352 e. The van der Waals surface area contributed by atoms with Gasteiger partial charge in [-0.3, -0.25) is 4.79 Å². The molecule has 0 aromatic heterocycles. The fourth-order valence-corrected chi connectivity index (χ4v) is 2.12. The molecule has 1 N–H and O–H groups in total. The second-order valence-corrected chi connectivity index (χ2v) is 4.65. The molecule has 0 aromatic rings. The molecule has 0 aromatic carbocycles. The van der Waals surface area contributed by atoms with E-state index in [1.54, 1.807) is 0 Å². The van der Waals surface area contributed by atoms with Crippen LogP contribution in [-0.2, 0) is 4.79 Å². The molecule has 15 heavy (non-hydrogen) atoms. The highest BCUT2D eigenvalue weighted by molar-refractivity contribution is 5.85. The minimum atomic E-state index is -0.807. The third kappa shape index (κ3) is 2.31. The van der Waals surface area contributed by atoms with Crippen LogP contribution < -0.4 is 5.32 Å². The molecular weight excluding hydrogens is 188 g/mol. The van der Waals surface area contributed by atoms with Crippen LogP contribution in [0.2, 0.25) is 0 Å². The van der Waals surface area contributed by atoms with Gasteiger partial charge in [0.25, 0.3) is 0 Å². The summed E-state index contributed by atoms with van der Waals surface area (Å²) in [4.78, 5) is 11.9. The van der Waals surface area contributed by atoms with Gasteiger partial charge in [-0.15, -0.1) is 0 Å². The monoisotopic (exact) mass is 208 g/mol. The minimum absolute atomic E-state index is 0.0769. The van der Waals surface area contributed by atoms with Crippen molar-refractivity contribution in [2.75, 3.05) is 0 Å². The van der Waals surface area contributed by atoms with Crippen LogP contribution in [0.25, 0.3) is 0 Å². The van der Waals surface area contributed by atoms with Gasteiger partial charge >= 0.3 is 0 Å². The van der Waals surface area contributed by atoms with Gasteiger partial charge in [-0.1, -0.05) is 20.8 Å². The van der Waals surface area contributed by atoms with E-state index < -0.39 is 5.41 Å². The van der Waals surface area contributed by atoms with E-state index in [-0.39, 0.29) is 5.91 Å². The molecule has 0 spiro atoms. The smallest absolute Gasteiger partial charge is 0.240 e. The maximum absolute atomic E-state index is 11.9.